The van der Waals surface area contributed by atoms with E-state index in [2.05, 4.69) is 29.0 Å². The molecule has 2 aliphatic carbocycles. The molecular weight excluding hydrogens is 266 g/mol. The molecule has 0 spiro atoms. The van der Waals surface area contributed by atoms with Crippen LogP contribution < -0.4 is 0 Å². The van der Waals surface area contributed by atoms with Crippen LogP contribution in [-0.2, 0) is 20.7 Å². The summed E-state index contributed by atoms with van der Waals surface area (Å²) in [6.45, 7) is 0.434. The zero-order chi connectivity index (χ0) is 15.0. The van der Waals surface area contributed by atoms with Crippen LogP contribution >= 0.6 is 0 Å². The average Bonchev–Trinajstić information content (AvgIpc) is 3.26. The molecule has 4 heteroatoms. The van der Waals surface area contributed by atoms with Crippen LogP contribution in [0.3, 0.4) is 0 Å². The van der Waals surface area contributed by atoms with Gasteiger partial charge in [-0.2, -0.15) is 0 Å². The van der Waals surface area contributed by atoms with Crippen LogP contribution in [0.2, 0.25) is 0 Å². The number of carbonyl (C=O) groups is 2. The number of esters is 1. The molecule has 0 N–H and O–H groups in total. The van der Waals surface area contributed by atoms with Gasteiger partial charge in [0.15, 0.2) is 0 Å². The fourth-order valence-electron chi connectivity index (χ4n) is 3.63. The van der Waals surface area contributed by atoms with E-state index in [0.29, 0.717) is 18.4 Å². The molecule has 112 valence electrons. The van der Waals surface area contributed by atoms with E-state index in [4.69, 9.17) is 0 Å². The Morgan fingerprint density at radius 1 is 1.33 bits per heavy atom. The van der Waals surface area contributed by atoms with E-state index in [1.165, 1.54) is 18.2 Å². The van der Waals surface area contributed by atoms with Crippen molar-refractivity contribution in [3.05, 3.63) is 35.4 Å². The first-order chi connectivity index (χ1) is 10.1. The molecule has 2 aliphatic rings. The molecule has 4 nitrogen and oxygen atoms in total. The first-order valence-corrected chi connectivity index (χ1v) is 7.53. The monoisotopic (exact) mass is 287 g/mol. The molecule has 0 radical (unpaired) electrons. The summed E-state index contributed by atoms with van der Waals surface area (Å²) in [7, 11) is 3.15. The number of hydrogen-bond acceptors (Lipinski definition) is 3. The van der Waals surface area contributed by atoms with Crippen molar-refractivity contribution in [2.75, 3.05) is 20.7 Å². The van der Waals surface area contributed by atoms with Crippen molar-refractivity contribution in [1.29, 1.82) is 0 Å². The summed E-state index contributed by atoms with van der Waals surface area (Å²) in [6.07, 6.45) is 2.44. The topological polar surface area (TPSA) is 46.6 Å². The lowest BCUT2D eigenvalue weighted by Gasteiger charge is -2.16. The molecule has 21 heavy (non-hydrogen) atoms. The van der Waals surface area contributed by atoms with Gasteiger partial charge in [0.2, 0.25) is 5.91 Å². The molecule has 1 aromatic carbocycles. The van der Waals surface area contributed by atoms with Crippen molar-refractivity contribution in [3.63, 3.8) is 0 Å². The predicted molar refractivity (Wildman–Crippen MR) is 78.8 cm³/mol. The van der Waals surface area contributed by atoms with Gasteiger partial charge < -0.3 is 9.64 Å². The Balaban J connectivity index is 1.64. The number of rotatable bonds is 4. The lowest BCUT2D eigenvalue weighted by molar-refractivity contribution is -0.141. The highest BCUT2D eigenvalue weighted by Gasteiger charge is 2.57. The van der Waals surface area contributed by atoms with Crippen molar-refractivity contribution >= 4 is 11.9 Å². The third kappa shape index (κ3) is 2.55. The molecule has 0 saturated heterocycles. The highest BCUT2D eigenvalue weighted by molar-refractivity contribution is 5.84. The van der Waals surface area contributed by atoms with Crippen LogP contribution in [0.25, 0.3) is 0 Å². The van der Waals surface area contributed by atoms with Crippen LogP contribution in [0, 0.1) is 11.8 Å². The minimum Gasteiger partial charge on any atom is -0.469 e. The van der Waals surface area contributed by atoms with E-state index in [1.54, 1.807) is 11.9 Å². The van der Waals surface area contributed by atoms with Crippen LogP contribution in [0.5, 0.6) is 0 Å². The predicted octanol–water partition coefficient (Wildman–Crippen LogP) is 1.98. The van der Waals surface area contributed by atoms with Gasteiger partial charge in [0, 0.05) is 19.5 Å². The van der Waals surface area contributed by atoms with Crippen LogP contribution in [-0.4, -0.2) is 37.5 Å². The van der Waals surface area contributed by atoms with Gasteiger partial charge in [0.25, 0.3) is 0 Å². The van der Waals surface area contributed by atoms with E-state index >= 15 is 0 Å². The molecule has 0 bridgehead atoms. The number of fused-ring (bicyclic) bond motifs is 3. The van der Waals surface area contributed by atoms with Crippen molar-refractivity contribution in [1.82, 2.24) is 4.90 Å². The molecule has 3 rings (SSSR count). The van der Waals surface area contributed by atoms with E-state index in [1.807, 2.05) is 0 Å². The Morgan fingerprint density at radius 2 is 2.10 bits per heavy atom. The van der Waals surface area contributed by atoms with Crippen molar-refractivity contribution in [3.8, 4) is 0 Å². The second-order valence-corrected chi connectivity index (χ2v) is 6.04. The zero-order valence-corrected chi connectivity index (χ0v) is 12.5. The number of aryl methyl sites for hydroxylation is 1. The third-order valence-corrected chi connectivity index (χ3v) is 4.87. The fraction of sp³-hybridized carbons (Fsp3) is 0.529. The minimum atomic E-state index is -0.270. The fourth-order valence-corrected chi connectivity index (χ4v) is 3.63. The SMILES string of the molecule is COC(=O)CCN(C)C(=O)C1C2CCc3ccccc3C21. The van der Waals surface area contributed by atoms with Gasteiger partial charge >= 0.3 is 5.97 Å². The van der Waals surface area contributed by atoms with Crippen LogP contribution in [0.1, 0.15) is 29.9 Å². The molecule has 0 heterocycles. The van der Waals surface area contributed by atoms with Gasteiger partial charge in [-0.05, 0) is 35.8 Å². The summed E-state index contributed by atoms with van der Waals surface area (Å²) in [5, 5.41) is 0. The van der Waals surface area contributed by atoms with Gasteiger partial charge in [-0.15, -0.1) is 0 Å². The van der Waals surface area contributed by atoms with Gasteiger partial charge in [-0.25, -0.2) is 0 Å². The summed E-state index contributed by atoms with van der Waals surface area (Å²) in [5.74, 6) is 0.895. The molecule has 0 aromatic heterocycles. The van der Waals surface area contributed by atoms with Gasteiger partial charge in [-0.3, -0.25) is 9.59 Å². The van der Waals surface area contributed by atoms with Gasteiger partial charge in [0.1, 0.15) is 0 Å². The molecule has 1 aromatic rings. The summed E-state index contributed by atoms with van der Waals surface area (Å²) in [4.78, 5) is 25.4. The van der Waals surface area contributed by atoms with E-state index in [0.717, 1.165) is 12.8 Å². The van der Waals surface area contributed by atoms with Gasteiger partial charge in [0.05, 0.1) is 13.5 Å². The second-order valence-electron chi connectivity index (χ2n) is 6.04. The van der Waals surface area contributed by atoms with Gasteiger partial charge in [-0.1, -0.05) is 24.3 Å². The summed E-state index contributed by atoms with van der Waals surface area (Å²) in [6, 6.07) is 8.46. The Bertz CT molecular complexity index is 569. The van der Waals surface area contributed by atoms with E-state index in [9.17, 15) is 9.59 Å². The Labute approximate surface area is 125 Å². The smallest absolute Gasteiger partial charge is 0.307 e. The first-order valence-electron chi connectivity index (χ1n) is 7.53. The van der Waals surface area contributed by atoms with Crippen molar-refractivity contribution in [2.45, 2.75) is 25.2 Å². The first kappa shape index (κ1) is 14.1. The number of hydrogen-bond donors (Lipinski definition) is 0. The molecule has 1 amide bonds. The average molecular weight is 287 g/mol. The summed E-state index contributed by atoms with van der Waals surface area (Å²) >= 11 is 0. The largest absolute Gasteiger partial charge is 0.469 e. The molecule has 1 fully saturated rings. The Kier molecular flexibility index (Phi) is 3.70. The normalized spacial score (nSPS) is 25.5. The molecule has 1 saturated carbocycles. The number of ether oxygens (including phenoxy) is 1. The Morgan fingerprint density at radius 3 is 2.86 bits per heavy atom. The lowest BCUT2D eigenvalue weighted by atomic mass is 9.92. The highest BCUT2D eigenvalue weighted by Crippen LogP contribution is 2.60. The summed E-state index contributed by atoms with van der Waals surface area (Å²) < 4.78 is 4.62. The minimum absolute atomic E-state index is 0.108. The standard InChI is InChI=1S/C17H21NO3/c1-18(10-9-14(19)21-2)17(20)16-13-8-7-11-5-3-4-6-12(11)15(13)16/h3-6,13,15-16H,7-10H2,1-2H3. The van der Waals surface area contributed by atoms with E-state index < -0.39 is 0 Å². The summed E-state index contributed by atoms with van der Waals surface area (Å²) in [5.41, 5.74) is 2.75. The van der Waals surface area contributed by atoms with Crippen molar-refractivity contribution < 1.29 is 14.3 Å². The number of methoxy groups -OCH3 is 1. The van der Waals surface area contributed by atoms with Crippen LogP contribution in [0.4, 0.5) is 0 Å². The zero-order valence-electron chi connectivity index (χ0n) is 12.5. The molecular formula is C17H21NO3. The maximum absolute atomic E-state index is 12.6. The third-order valence-electron chi connectivity index (χ3n) is 4.87. The lowest BCUT2D eigenvalue weighted by Crippen LogP contribution is -2.31. The highest BCUT2D eigenvalue weighted by atomic mass is 16.5. The second kappa shape index (κ2) is 5.51. The maximum Gasteiger partial charge on any atom is 0.307 e. The number of amides is 1. The number of benzene rings is 1. The number of nitrogens with zero attached hydrogens (tertiary/aromatic N) is 1. The maximum atomic E-state index is 12.6. The number of carbonyl (C=O) groups excluding carboxylic acids is 2. The molecule has 0 aliphatic heterocycles. The molecule has 3 unspecified atom stereocenters. The van der Waals surface area contributed by atoms with Crippen molar-refractivity contribution in [2.24, 2.45) is 11.8 Å². The molecule has 3 atom stereocenters. The quantitative estimate of drug-likeness (QED) is 0.796. The van der Waals surface area contributed by atoms with Crippen LogP contribution in [0.15, 0.2) is 24.3 Å². The van der Waals surface area contributed by atoms with E-state index in [-0.39, 0.29) is 24.2 Å². The Hall–Kier alpha value is -1.84.